The second-order valence-corrected chi connectivity index (χ2v) is 4.07. The minimum absolute atomic E-state index is 0.0170. The first kappa shape index (κ1) is 10.5. The van der Waals surface area contributed by atoms with Gasteiger partial charge in [0.15, 0.2) is 6.29 Å². The molecule has 0 saturated heterocycles. The molecule has 0 amide bonds. The Morgan fingerprint density at radius 2 is 2.12 bits per heavy atom. The van der Waals surface area contributed by atoms with Crippen LogP contribution >= 0.6 is 11.3 Å². The van der Waals surface area contributed by atoms with E-state index in [9.17, 15) is 9.90 Å². The van der Waals surface area contributed by atoms with Gasteiger partial charge in [-0.1, -0.05) is 17.9 Å². The average Bonchev–Trinajstić information content (AvgIpc) is 2.81. The van der Waals surface area contributed by atoms with E-state index in [2.05, 4.69) is 11.8 Å². The van der Waals surface area contributed by atoms with Crippen LogP contribution in [0.1, 0.15) is 20.8 Å². The number of rotatable bonds is 1. The zero-order valence-electron chi connectivity index (χ0n) is 8.31. The van der Waals surface area contributed by atoms with E-state index in [1.54, 1.807) is 23.5 Å². The lowest BCUT2D eigenvalue weighted by Crippen LogP contribution is -1.83. The first-order valence-electron chi connectivity index (χ1n) is 4.63. The molecule has 0 atom stereocenters. The van der Waals surface area contributed by atoms with Gasteiger partial charge in [-0.2, -0.15) is 0 Å². The molecule has 78 valence electrons. The van der Waals surface area contributed by atoms with Crippen molar-refractivity contribution in [1.82, 2.24) is 0 Å². The Morgan fingerprint density at radius 3 is 2.81 bits per heavy atom. The average molecular weight is 228 g/mol. The molecule has 0 radical (unpaired) electrons. The Hall–Kier alpha value is -2.05. The lowest BCUT2D eigenvalue weighted by atomic mass is 10.1. The van der Waals surface area contributed by atoms with E-state index in [1.165, 1.54) is 6.07 Å². The monoisotopic (exact) mass is 228 g/mol. The Kier molecular flexibility index (Phi) is 3.04. The number of hydrogen-bond donors (Lipinski definition) is 1. The number of aldehydes is 1. The topological polar surface area (TPSA) is 37.3 Å². The summed E-state index contributed by atoms with van der Waals surface area (Å²) in [6, 6.07) is 8.59. The molecule has 2 nitrogen and oxygen atoms in total. The number of phenolic OH excluding ortho intramolecular Hbond substituents is 1. The molecule has 0 fully saturated rings. The lowest BCUT2D eigenvalue weighted by Gasteiger charge is -1.96. The molecule has 1 aromatic heterocycles. The second kappa shape index (κ2) is 4.65. The summed E-state index contributed by atoms with van der Waals surface area (Å²) < 4.78 is 0. The van der Waals surface area contributed by atoms with E-state index in [0.717, 1.165) is 4.88 Å². The second-order valence-electron chi connectivity index (χ2n) is 3.12. The van der Waals surface area contributed by atoms with E-state index in [1.807, 2.05) is 17.5 Å². The summed E-state index contributed by atoms with van der Waals surface area (Å²) in [6.45, 7) is 0. The van der Waals surface area contributed by atoms with Crippen LogP contribution in [0.25, 0.3) is 0 Å². The van der Waals surface area contributed by atoms with Crippen molar-refractivity contribution in [3.8, 4) is 17.6 Å². The highest BCUT2D eigenvalue weighted by Crippen LogP contribution is 2.16. The van der Waals surface area contributed by atoms with Crippen molar-refractivity contribution in [2.24, 2.45) is 0 Å². The molecule has 0 spiro atoms. The van der Waals surface area contributed by atoms with Crippen molar-refractivity contribution in [1.29, 1.82) is 0 Å². The predicted octanol–water partition coefficient (Wildman–Crippen LogP) is 2.67. The third kappa shape index (κ3) is 2.30. The summed E-state index contributed by atoms with van der Waals surface area (Å²) in [7, 11) is 0. The largest absolute Gasteiger partial charge is 0.507 e. The van der Waals surface area contributed by atoms with Crippen LogP contribution < -0.4 is 0 Å². The van der Waals surface area contributed by atoms with Gasteiger partial charge in [0.1, 0.15) is 5.75 Å². The fourth-order valence-corrected chi connectivity index (χ4v) is 1.78. The molecular weight excluding hydrogens is 220 g/mol. The van der Waals surface area contributed by atoms with Gasteiger partial charge in [-0.15, -0.1) is 11.3 Å². The number of carbonyl (C=O) groups is 1. The molecule has 2 rings (SSSR count). The molecule has 1 aromatic carbocycles. The highest BCUT2D eigenvalue weighted by atomic mass is 32.1. The maximum Gasteiger partial charge on any atom is 0.153 e. The Balaban J connectivity index is 2.32. The van der Waals surface area contributed by atoms with Crippen molar-refractivity contribution < 1.29 is 9.90 Å². The van der Waals surface area contributed by atoms with Crippen LogP contribution in [0.5, 0.6) is 5.75 Å². The quantitative estimate of drug-likeness (QED) is 0.602. The lowest BCUT2D eigenvalue weighted by molar-refractivity contribution is 0.112. The third-order valence-electron chi connectivity index (χ3n) is 2.01. The first-order valence-corrected chi connectivity index (χ1v) is 5.51. The van der Waals surface area contributed by atoms with Crippen molar-refractivity contribution in [3.63, 3.8) is 0 Å². The van der Waals surface area contributed by atoms with Crippen LogP contribution in [0.4, 0.5) is 0 Å². The first-order chi connectivity index (χ1) is 7.79. The maximum absolute atomic E-state index is 10.6. The number of benzene rings is 1. The number of aromatic hydroxyl groups is 1. The molecule has 3 heteroatoms. The number of phenols is 1. The fraction of sp³-hybridized carbons (Fsp3) is 0. The number of hydrogen-bond acceptors (Lipinski definition) is 3. The fourth-order valence-electron chi connectivity index (χ4n) is 1.21. The van der Waals surface area contributed by atoms with E-state index >= 15 is 0 Å². The maximum atomic E-state index is 10.6. The normalized spacial score (nSPS) is 9.25. The van der Waals surface area contributed by atoms with Crippen LogP contribution in [-0.2, 0) is 0 Å². The third-order valence-corrected chi connectivity index (χ3v) is 2.79. The molecular formula is C13H8O2S. The molecule has 0 aliphatic rings. The smallest absolute Gasteiger partial charge is 0.153 e. The Bertz CT molecular complexity index is 559. The van der Waals surface area contributed by atoms with Crippen molar-refractivity contribution >= 4 is 17.6 Å². The van der Waals surface area contributed by atoms with E-state index in [4.69, 9.17) is 0 Å². The van der Waals surface area contributed by atoms with Gasteiger partial charge in [-0.05, 0) is 29.6 Å². The zero-order chi connectivity index (χ0) is 11.4. The van der Waals surface area contributed by atoms with Gasteiger partial charge in [0.2, 0.25) is 0 Å². The summed E-state index contributed by atoms with van der Waals surface area (Å²) in [4.78, 5) is 11.6. The molecule has 0 unspecified atom stereocenters. The van der Waals surface area contributed by atoms with Gasteiger partial charge < -0.3 is 5.11 Å². The van der Waals surface area contributed by atoms with E-state index in [-0.39, 0.29) is 11.3 Å². The SMILES string of the molecule is O=Cc1cc(C#Cc2cccs2)ccc1O. The van der Waals surface area contributed by atoms with Crippen LogP contribution in [0.2, 0.25) is 0 Å². The highest BCUT2D eigenvalue weighted by molar-refractivity contribution is 7.10. The minimum Gasteiger partial charge on any atom is -0.507 e. The Labute approximate surface area is 97.2 Å². The number of carbonyl (C=O) groups excluding carboxylic acids is 1. The molecule has 0 aliphatic heterocycles. The van der Waals surface area contributed by atoms with Gasteiger partial charge in [0.25, 0.3) is 0 Å². The predicted molar refractivity (Wildman–Crippen MR) is 63.8 cm³/mol. The van der Waals surface area contributed by atoms with Gasteiger partial charge in [0.05, 0.1) is 10.4 Å². The highest BCUT2D eigenvalue weighted by Gasteiger charge is 1.99. The summed E-state index contributed by atoms with van der Waals surface area (Å²) in [5.74, 6) is 5.91. The van der Waals surface area contributed by atoms with Crippen molar-refractivity contribution in [2.75, 3.05) is 0 Å². The summed E-state index contributed by atoms with van der Waals surface area (Å²) in [5, 5.41) is 11.3. The van der Waals surface area contributed by atoms with Gasteiger partial charge in [-0.3, -0.25) is 4.79 Å². The standard InChI is InChI=1S/C13H8O2S/c14-9-11-8-10(4-6-13(11)15)3-5-12-2-1-7-16-12/h1-2,4,6-9,15H. The van der Waals surface area contributed by atoms with E-state index in [0.29, 0.717) is 11.8 Å². The molecule has 0 bridgehead atoms. The zero-order valence-corrected chi connectivity index (χ0v) is 9.12. The summed E-state index contributed by atoms with van der Waals surface area (Å²) in [5.41, 5.74) is 0.978. The number of thiophene rings is 1. The minimum atomic E-state index is -0.0170. The molecule has 16 heavy (non-hydrogen) atoms. The molecule has 1 N–H and O–H groups in total. The van der Waals surface area contributed by atoms with Crippen LogP contribution in [0.3, 0.4) is 0 Å². The summed E-state index contributed by atoms with van der Waals surface area (Å²) in [6.07, 6.45) is 0.617. The molecule has 0 aliphatic carbocycles. The van der Waals surface area contributed by atoms with Crippen molar-refractivity contribution in [2.45, 2.75) is 0 Å². The summed E-state index contributed by atoms with van der Waals surface area (Å²) >= 11 is 1.56. The van der Waals surface area contributed by atoms with Crippen LogP contribution in [0.15, 0.2) is 35.7 Å². The molecule has 2 aromatic rings. The van der Waals surface area contributed by atoms with Gasteiger partial charge in [0, 0.05) is 5.56 Å². The van der Waals surface area contributed by atoms with Crippen LogP contribution in [-0.4, -0.2) is 11.4 Å². The van der Waals surface area contributed by atoms with Crippen molar-refractivity contribution in [3.05, 3.63) is 51.7 Å². The van der Waals surface area contributed by atoms with Gasteiger partial charge in [-0.25, -0.2) is 0 Å². The van der Waals surface area contributed by atoms with E-state index < -0.39 is 0 Å². The van der Waals surface area contributed by atoms with Gasteiger partial charge >= 0.3 is 0 Å². The Morgan fingerprint density at radius 1 is 1.25 bits per heavy atom. The van der Waals surface area contributed by atoms with Crippen LogP contribution in [0, 0.1) is 11.8 Å². The molecule has 1 heterocycles. The molecule has 0 saturated carbocycles.